The maximum absolute atomic E-state index is 10.5. The molecule has 5 atom stereocenters. The minimum Gasteiger partial charge on any atom is -0.542 e. The molecule has 4 aliphatic rings. The van der Waals surface area contributed by atoms with Crippen LogP contribution in [-0.2, 0) is 14.1 Å². The maximum Gasteiger partial charge on any atom is 0.521 e. The molecule has 1 saturated heterocycles. The molecule has 25 heavy (non-hydrogen) atoms. The van der Waals surface area contributed by atoms with E-state index in [1.54, 1.807) is 0 Å². The van der Waals surface area contributed by atoms with Crippen molar-refractivity contribution in [1.82, 2.24) is 0 Å². The van der Waals surface area contributed by atoms with Gasteiger partial charge in [0.25, 0.3) is 0 Å². The third kappa shape index (κ3) is 3.55. The zero-order valence-corrected chi connectivity index (χ0v) is 15.4. The van der Waals surface area contributed by atoms with Crippen LogP contribution in [0.2, 0.25) is 0 Å². The molecular formula is C16H27BF3NO4. The lowest BCUT2D eigenvalue weighted by Crippen LogP contribution is -2.71. The Morgan fingerprint density at radius 3 is 2.20 bits per heavy atom. The van der Waals surface area contributed by atoms with E-state index in [-0.39, 0.29) is 18.7 Å². The first-order valence-electron chi connectivity index (χ1n) is 8.65. The number of alkyl halides is 3. The Morgan fingerprint density at radius 1 is 1.28 bits per heavy atom. The van der Waals surface area contributed by atoms with E-state index in [2.05, 4.69) is 40.4 Å². The SMILES string of the molecule is CC(C)C([NH3+])B1O[C@@H]2C[C@@H]3C[C@@H](C3(C)C)[C@]2(C)O1.O=C([O-])C(F)(F)F. The van der Waals surface area contributed by atoms with Gasteiger partial charge >= 0.3 is 13.3 Å². The Balaban J connectivity index is 0.000000277. The molecule has 9 heteroatoms. The number of carboxylic acids is 1. The summed E-state index contributed by atoms with van der Waals surface area (Å²) in [4.78, 5) is 8.78. The average molecular weight is 365 g/mol. The summed E-state index contributed by atoms with van der Waals surface area (Å²) < 4.78 is 44.1. The highest BCUT2D eigenvalue weighted by Crippen LogP contribution is 2.65. The lowest BCUT2D eigenvalue weighted by atomic mass is 9.43. The molecule has 144 valence electrons. The fourth-order valence-electron chi connectivity index (χ4n) is 4.40. The first-order valence-corrected chi connectivity index (χ1v) is 8.65. The molecule has 4 rings (SSSR count). The van der Waals surface area contributed by atoms with Crippen LogP contribution in [0.4, 0.5) is 13.2 Å². The van der Waals surface area contributed by atoms with Gasteiger partial charge < -0.3 is 24.9 Å². The van der Waals surface area contributed by atoms with Crippen molar-refractivity contribution in [3.05, 3.63) is 0 Å². The number of carbonyl (C=O) groups excluding carboxylic acids is 1. The van der Waals surface area contributed by atoms with Gasteiger partial charge in [-0.15, -0.1) is 0 Å². The van der Waals surface area contributed by atoms with Crippen LogP contribution >= 0.6 is 0 Å². The van der Waals surface area contributed by atoms with Crippen LogP contribution < -0.4 is 10.8 Å². The number of carbonyl (C=O) groups is 1. The number of carboxylic acid groups (broad SMARTS) is 1. The predicted molar refractivity (Wildman–Crippen MR) is 82.7 cm³/mol. The van der Waals surface area contributed by atoms with E-state index in [4.69, 9.17) is 19.2 Å². The Kier molecular flexibility index (Phi) is 5.27. The van der Waals surface area contributed by atoms with Crippen molar-refractivity contribution in [1.29, 1.82) is 0 Å². The first kappa shape index (κ1) is 20.5. The zero-order valence-electron chi connectivity index (χ0n) is 15.4. The number of hydrogen-bond donors (Lipinski definition) is 1. The van der Waals surface area contributed by atoms with Gasteiger partial charge in [-0.1, -0.05) is 27.7 Å². The number of aliphatic carboxylic acids is 1. The van der Waals surface area contributed by atoms with Crippen LogP contribution in [0.15, 0.2) is 0 Å². The van der Waals surface area contributed by atoms with Gasteiger partial charge in [0, 0.05) is 5.92 Å². The summed E-state index contributed by atoms with van der Waals surface area (Å²) in [6.07, 6.45) is -2.41. The van der Waals surface area contributed by atoms with Gasteiger partial charge in [-0.25, -0.2) is 0 Å². The second-order valence-electron chi connectivity index (χ2n) is 8.53. The van der Waals surface area contributed by atoms with E-state index in [0.29, 0.717) is 23.4 Å². The highest BCUT2D eigenvalue weighted by molar-refractivity contribution is 6.46. The van der Waals surface area contributed by atoms with Gasteiger partial charge in [0.05, 0.1) is 11.7 Å². The van der Waals surface area contributed by atoms with Crippen molar-refractivity contribution in [2.24, 2.45) is 23.2 Å². The quantitative estimate of drug-likeness (QED) is 0.735. The molecule has 2 bridgehead atoms. The van der Waals surface area contributed by atoms with Crippen molar-refractivity contribution in [3.8, 4) is 0 Å². The molecule has 3 aliphatic carbocycles. The van der Waals surface area contributed by atoms with Crippen molar-refractivity contribution < 1.29 is 38.1 Å². The second kappa shape index (κ2) is 6.42. The summed E-state index contributed by atoms with van der Waals surface area (Å²) in [5, 5.41) is 8.78. The molecule has 0 aromatic rings. The van der Waals surface area contributed by atoms with E-state index in [1.807, 2.05) is 0 Å². The van der Waals surface area contributed by atoms with Crippen molar-refractivity contribution in [3.63, 3.8) is 0 Å². The molecule has 3 saturated carbocycles. The molecule has 1 unspecified atom stereocenters. The standard InChI is InChI=1S/C14H26BNO2.C2HF3O2/c1-8(2)12(16)15-17-11-7-9-6-10(13(9,3)4)14(11,5)18-15;3-2(4,5)1(6)7/h8-12H,6-7,16H2,1-5H3;(H,6,7)/t9-,10-,11+,12?,14-;/m0./s1. The number of rotatable bonds is 2. The highest BCUT2D eigenvalue weighted by Gasteiger charge is 2.68. The maximum atomic E-state index is 10.5. The normalized spacial score (nSPS) is 36.9. The third-order valence-electron chi connectivity index (χ3n) is 6.41. The van der Waals surface area contributed by atoms with Crippen molar-refractivity contribution in [2.45, 2.75) is 71.3 Å². The van der Waals surface area contributed by atoms with Gasteiger partial charge in [0.2, 0.25) is 0 Å². The molecule has 4 fully saturated rings. The van der Waals surface area contributed by atoms with Crippen LogP contribution in [-0.4, -0.2) is 36.9 Å². The van der Waals surface area contributed by atoms with E-state index >= 15 is 0 Å². The summed E-state index contributed by atoms with van der Waals surface area (Å²) in [6, 6.07) is 0. The molecule has 1 aliphatic heterocycles. The molecule has 0 spiro atoms. The lowest BCUT2D eigenvalue weighted by molar-refractivity contribution is -0.408. The molecule has 0 aromatic heterocycles. The number of quaternary nitrogens is 1. The summed E-state index contributed by atoms with van der Waals surface area (Å²) >= 11 is 0. The van der Waals surface area contributed by atoms with E-state index < -0.39 is 12.1 Å². The summed E-state index contributed by atoms with van der Waals surface area (Å²) in [7, 11) is -0.102. The zero-order chi connectivity index (χ0) is 19.4. The Hall–Kier alpha value is -0.795. The molecule has 1 heterocycles. The molecule has 0 radical (unpaired) electrons. The topological polar surface area (TPSA) is 86.2 Å². The monoisotopic (exact) mass is 365 g/mol. The first-order chi connectivity index (χ1) is 11.2. The number of halogens is 3. The predicted octanol–water partition coefficient (Wildman–Crippen LogP) is 0.819. The van der Waals surface area contributed by atoms with Crippen LogP contribution in [0.5, 0.6) is 0 Å². The van der Waals surface area contributed by atoms with Crippen molar-refractivity contribution in [2.75, 3.05) is 0 Å². The van der Waals surface area contributed by atoms with Crippen molar-refractivity contribution >= 4 is 13.1 Å². The van der Waals surface area contributed by atoms with E-state index in [9.17, 15) is 13.2 Å². The lowest BCUT2D eigenvalue weighted by Gasteiger charge is -2.64. The van der Waals surface area contributed by atoms with Gasteiger partial charge in [0.15, 0.2) is 0 Å². The van der Waals surface area contributed by atoms with Gasteiger partial charge in [-0.3, -0.25) is 0 Å². The van der Waals surface area contributed by atoms with Gasteiger partial charge in [0.1, 0.15) is 11.9 Å². The van der Waals surface area contributed by atoms with Crippen LogP contribution in [0, 0.1) is 23.2 Å². The minimum absolute atomic E-state index is 0.0756. The molecule has 5 nitrogen and oxygen atoms in total. The van der Waals surface area contributed by atoms with Crippen LogP contribution in [0.25, 0.3) is 0 Å². The highest BCUT2D eigenvalue weighted by atomic mass is 19.4. The van der Waals surface area contributed by atoms with Crippen LogP contribution in [0.1, 0.15) is 47.5 Å². The number of hydrogen-bond acceptors (Lipinski definition) is 4. The smallest absolute Gasteiger partial charge is 0.521 e. The van der Waals surface area contributed by atoms with E-state index in [1.165, 1.54) is 12.8 Å². The summed E-state index contributed by atoms with van der Waals surface area (Å²) in [6.45, 7) is 11.5. The molecule has 3 N–H and O–H groups in total. The minimum atomic E-state index is -5.19. The molecule has 0 aromatic carbocycles. The van der Waals surface area contributed by atoms with Gasteiger partial charge in [-0.05, 0) is 37.0 Å². The fourth-order valence-corrected chi connectivity index (χ4v) is 4.40. The largest absolute Gasteiger partial charge is 0.542 e. The summed E-state index contributed by atoms with van der Waals surface area (Å²) in [5.41, 5.74) is 4.59. The second-order valence-corrected chi connectivity index (χ2v) is 8.53. The average Bonchev–Trinajstić information content (AvgIpc) is 2.82. The van der Waals surface area contributed by atoms with Crippen LogP contribution in [0.3, 0.4) is 0 Å². The summed E-state index contributed by atoms with van der Waals surface area (Å²) in [5.74, 6) is -0.801. The van der Waals surface area contributed by atoms with E-state index in [0.717, 1.165) is 5.92 Å². The molecule has 0 amide bonds. The Labute approximate surface area is 146 Å². The molecular weight excluding hydrogens is 338 g/mol. The fraction of sp³-hybridized carbons (Fsp3) is 0.938. The Morgan fingerprint density at radius 2 is 1.80 bits per heavy atom. The van der Waals surface area contributed by atoms with Gasteiger partial charge in [-0.2, -0.15) is 13.2 Å². The third-order valence-corrected chi connectivity index (χ3v) is 6.41. The Bertz CT molecular complexity index is 528.